The Morgan fingerprint density at radius 3 is 2.50 bits per heavy atom. The van der Waals surface area contributed by atoms with Crippen LogP contribution in [0.3, 0.4) is 0 Å². The summed E-state index contributed by atoms with van der Waals surface area (Å²) in [5, 5.41) is 3.60. The van der Waals surface area contributed by atoms with Gasteiger partial charge in [-0.3, -0.25) is 4.90 Å². The maximum Gasteiger partial charge on any atom is 0.0633 e. The molecular formula is C13H18N2O. The number of hydrogen-bond acceptors (Lipinski definition) is 3. The van der Waals surface area contributed by atoms with Gasteiger partial charge in [-0.25, -0.2) is 0 Å². The monoisotopic (exact) mass is 218 g/mol. The summed E-state index contributed by atoms with van der Waals surface area (Å²) in [6, 6.07) is 11.8. The number of ether oxygens (including phenoxy) is 1. The minimum Gasteiger partial charge on any atom is -0.378 e. The Balaban J connectivity index is 1.63. The first-order valence-electron chi connectivity index (χ1n) is 6.00. The first-order valence-corrected chi connectivity index (χ1v) is 6.00. The lowest BCUT2D eigenvalue weighted by molar-refractivity contribution is -0.00870. The third-order valence-corrected chi connectivity index (χ3v) is 3.32. The molecule has 86 valence electrons. The fourth-order valence-electron chi connectivity index (χ4n) is 2.66. The van der Waals surface area contributed by atoms with Crippen LogP contribution in [0.15, 0.2) is 30.3 Å². The number of rotatable bonds is 2. The molecule has 0 aliphatic carbocycles. The van der Waals surface area contributed by atoms with Crippen molar-refractivity contribution in [1.29, 1.82) is 0 Å². The standard InChI is InChI=1S/C13H18N2O/c1-2-4-11(5-3-1)6-15-7-12-9-16-10-13(8-15)14-12/h1-5,12-14H,6-10H2/t12-,13+. The second-order valence-corrected chi connectivity index (χ2v) is 4.78. The van der Waals surface area contributed by atoms with Crippen molar-refractivity contribution in [3.63, 3.8) is 0 Å². The van der Waals surface area contributed by atoms with Gasteiger partial charge in [0.2, 0.25) is 0 Å². The molecule has 0 radical (unpaired) electrons. The topological polar surface area (TPSA) is 24.5 Å². The Morgan fingerprint density at radius 2 is 1.81 bits per heavy atom. The van der Waals surface area contributed by atoms with Gasteiger partial charge in [-0.1, -0.05) is 30.3 Å². The molecule has 0 saturated carbocycles. The van der Waals surface area contributed by atoms with Gasteiger partial charge in [-0.05, 0) is 5.56 Å². The molecule has 0 amide bonds. The van der Waals surface area contributed by atoms with Crippen molar-refractivity contribution >= 4 is 0 Å². The fraction of sp³-hybridized carbons (Fsp3) is 0.538. The van der Waals surface area contributed by atoms with Crippen LogP contribution < -0.4 is 5.32 Å². The van der Waals surface area contributed by atoms with E-state index in [1.807, 2.05) is 0 Å². The molecule has 2 heterocycles. The van der Waals surface area contributed by atoms with Gasteiger partial charge in [0.25, 0.3) is 0 Å². The molecule has 1 aromatic carbocycles. The van der Waals surface area contributed by atoms with E-state index in [1.165, 1.54) is 5.56 Å². The molecule has 2 aliphatic rings. The molecular weight excluding hydrogens is 200 g/mol. The Kier molecular flexibility index (Phi) is 2.91. The zero-order valence-corrected chi connectivity index (χ0v) is 9.43. The zero-order chi connectivity index (χ0) is 10.8. The molecule has 1 N–H and O–H groups in total. The van der Waals surface area contributed by atoms with Gasteiger partial charge < -0.3 is 10.1 Å². The first kappa shape index (κ1) is 10.3. The number of hydrogen-bond donors (Lipinski definition) is 1. The zero-order valence-electron chi connectivity index (χ0n) is 9.43. The van der Waals surface area contributed by atoms with E-state index in [2.05, 4.69) is 40.5 Å². The normalized spacial score (nSPS) is 30.2. The number of morpholine rings is 1. The van der Waals surface area contributed by atoms with Gasteiger partial charge in [0, 0.05) is 31.7 Å². The Labute approximate surface area is 96.4 Å². The van der Waals surface area contributed by atoms with E-state index in [0.29, 0.717) is 12.1 Å². The summed E-state index contributed by atoms with van der Waals surface area (Å²) in [5.41, 5.74) is 1.41. The van der Waals surface area contributed by atoms with Gasteiger partial charge in [-0.15, -0.1) is 0 Å². The average Bonchev–Trinajstić information content (AvgIpc) is 2.30. The van der Waals surface area contributed by atoms with Crippen molar-refractivity contribution in [3.8, 4) is 0 Å². The number of benzene rings is 1. The van der Waals surface area contributed by atoms with Gasteiger partial charge in [0.15, 0.2) is 0 Å². The third-order valence-electron chi connectivity index (χ3n) is 3.32. The molecule has 2 atom stereocenters. The summed E-state index contributed by atoms with van der Waals surface area (Å²) < 4.78 is 5.55. The molecule has 0 unspecified atom stereocenters. The second kappa shape index (κ2) is 4.53. The second-order valence-electron chi connectivity index (χ2n) is 4.78. The van der Waals surface area contributed by atoms with Crippen molar-refractivity contribution in [3.05, 3.63) is 35.9 Å². The maximum atomic E-state index is 5.55. The molecule has 0 aromatic heterocycles. The number of piperazine rings is 1. The molecule has 0 spiro atoms. The highest BCUT2D eigenvalue weighted by atomic mass is 16.5. The maximum absolute atomic E-state index is 5.55. The predicted octanol–water partition coefficient (Wildman–Crippen LogP) is 0.859. The molecule has 3 rings (SSSR count). The summed E-state index contributed by atoms with van der Waals surface area (Å²) in [4.78, 5) is 2.53. The van der Waals surface area contributed by atoms with E-state index in [1.54, 1.807) is 0 Å². The lowest BCUT2D eigenvalue weighted by Crippen LogP contribution is -2.62. The van der Waals surface area contributed by atoms with Gasteiger partial charge >= 0.3 is 0 Å². The van der Waals surface area contributed by atoms with Crippen LogP contribution in [0.5, 0.6) is 0 Å². The van der Waals surface area contributed by atoms with E-state index in [9.17, 15) is 0 Å². The van der Waals surface area contributed by atoms with Crippen LogP contribution in [0.1, 0.15) is 5.56 Å². The highest BCUT2D eigenvalue weighted by molar-refractivity contribution is 5.14. The van der Waals surface area contributed by atoms with Gasteiger partial charge in [0.05, 0.1) is 13.2 Å². The van der Waals surface area contributed by atoms with Crippen LogP contribution in [-0.4, -0.2) is 43.3 Å². The summed E-state index contributed by atoms with van der Waals surface area (Å²) in [5.74, 6) is 0. The van der Waals surface area contributed by atoms with Crippen LogP contribution in [0.4, 0.5) is 0 Å². The average molecular weight is 218 g/mol. The molecule has 2 saturated heterocycles. The first-order chi connectivity index (χ1) is 7.90. The minimum atomic E-state index is 0.524. The molecule has 3 nitrogen and oxygen atoms in total. The number of nitrogens with zero attached hydrogens (tertiary/aromatic N) is 1. The molecule has 16 heavy (non-hydrogen) atoms. The SMILES string of the molecule is c1ccc(CN2C[C@H]3COC[C@@H](C2)N3)cc1. The largest absolute Gasteiger partial charge is 0.378 e. The van der Waals surface area contributed by atoms with Gasteiger partial charge in [0.1, 0.15) is 0 Å². The Morgan fingerprint density at radius 1 is 1.12 bits per heavy atom. The van der Waals surface area contributed by atoms with Crippen LogP contribution in [0.2, 0.25) is 0 Å². The highest BCUT2D eigenvalue weighted by Crippen LogP contribution is 2.13. The van der Waals surface area contributed by atoms with Crippen molar-refractivity contribution < 1.29 is 4.74 Å². The molecule has 2 bridgehead atoms. The smallest absolute Gasteiger partial charge is 0.0633 e. The summed E-state index contributed by atoms with van der Waals surface area (Å²) in [6.07, 6.45) is 0. The fourth-order valence-corrected chi connectivity index (χ4v) is 2.66. The molecule has 3 heteroatoms. The molecule has 2 aliphatic heterocycles. The van der Waals surface area contributed by atoms with E-state index in [-0.39, 0.29) is 0 Å². The summed E-state index contributed by atoms with van der Waals surface area (Å²) in [6.45, 7) is 5.00. The van der Waals surface area contributed by atoms with E-state index in [0.717, 1.165) is 32.8 Å². The van der Waals surface area contributed by atoms with Crippen LogP contribution in [0.25, 0.3) is 0 Å². The van der Waals surface area contributed by atoms with Crippen molar-refractivity contribution in [2.75, 3.05) is 26.3 Å². The number of nitrogens with one attached hydrogen (secondary N) is 1. The van der Waals surface area contributed by atoms with Crippen LogP contribution >= 0.6 is 0 Å². The Hall–Kier alpha value is -0.900. The lowest BCUT2D eigenvalue weighted by Gasteiger charge is -2.42. The third kappa shape index (κ3) is 2.26. The Bertz CT molecular complexity index is 329. The van der Waals surface area contributed by atoms with E-state index >= 15 is 0 Å². The quantitative estimate of drug-likeness (QED) is 0.797. The van der Waals surface area contributed by atoms with E-state index in [4.69, 9.17) is 4.74 Å². The molecule has 1 aromatic rings. The summed E-state index contributed by atoms with van der Waals surface area (Å²) >= 11 is 0. The lowest BCUT2D eigenvalue weighted by atomic mass is 10.1. The van der Waals surface area contributed by atoms with Crippen LogP contribution in [-0.2, 0) is 11.3 Å². The number of fused-ring (bicyclic) bond motifs is 2. The summed E-state index contributed by atoms with van der Waals surface area (Å²) in [7, 11) is 0. The van der Waals surface area contributed by atoms with E-state index < -0.39 is 0 Å². The predicted molar refractivity (Wildman–Crippen MR) is 63.2 cm³/mol. The highest BCUT2D eigenvalue weighted by Gasteiger charge is 2.30. The van der Waals surface area contributed by atoms with Crippen molar-refractivity contribution in [1.82, 2.24) is 10.2 Å². The molecule has 2 fully saturated rings. The van der Waals surface area contributed by atoms with Crippen LogP contribution in [0, 0.1) is 0 Å². The van der Waals surface area contributed by atoms with Crippen molar-refractivity contribution in [2.24, 2.45) is 0 Å². The van der Waals surface area contributed by atoms with Gasteiger partial charge in [-0.2, -0.15) is 0 Å². The van der Waals surface area contributed by atoms with Crippen molar-refractivity contribution in [2.45, 2.75) is 18.6 Å². The minimum absolute atomic E-state index is 0.524.